The van der Waals surface area contributed by atoms with Crippen molar-refractivity contribution in [2.75, 3.05) is 6.54 Å². The second kappa shape index (κ2) is 8.26. The highest BCUT2D eigenvalue weighted by Gasteiger charge is 2.13. The van der Waals surface area contributed by atoms with Crippen LogP contribution in [0, 0.1) is 6.92 Å². The first-order chi connectivity index (χ1) is 13.7. The van der Waals surface area contributed by atoms with Crippen molar-refractivity contribution in [3.63, 3.8) is 0 Å². The van der Waals surface area contributed by atoms with Gasteiger partial charge in [0, 0.05) is 30.1 Å². The van der Waals surface area contributed by atoms with E-state index < -0.39 is 0 Å². The van der Waals surface area contributed by atoms with Gasteiger partial charge in [-0.25, -0.2) is 0 Å². The number of carbonyl (C=O) groups is 1. The molecule has 0 unspecified atom stereocenters. The molecule has 7 nitrogen and oxygen atoms in total. The van der Waals surface area contributed by atoms with Gasteiger partial charge in [-0.05, 0) is 31.2 Å². The SMILES string of the molecule is Cc1cc(CSc2ccccc2C(=O)NCCc2nnc3ccccn23)on1. The van der Waals surface area contributed by atoms with Crippen molar-refractivity contribution in [1.82, 2.24) is 25.1 Å². The summed E-state index contributed by atoms with van der Waals surface area (Å²) in [5.74, 6) is 2.12. The highest BCUT2D eigenvalue weighted by atomic mass is 32.2. The lowest BCUT2D eigenvalue weighted by Gasteiger charge is -2.09. The molecule has 142 valence electrons. The molecular weight excluding hydrogens is 374 g/mol. The Morgan fingerprint density at radius 3 is 2.89 bits per heavy atom. The zero-order valence-corrected chi connectivity index (χ0v) is 16.1. The second-order valence-electron chi connectivity index (χ2n) is 6.27. The molecule has 0 spiro atoms. The Morgan fingerprint density at radius 2 is 2.04 bits per heavy atom. The van der Waals surface area contributed by atoms with Gasteiger partial charge in [-0.15, -0.1) is 22.0 Å². The van der Waals surface area contributed by atoms with Crippen molar-refractivity contribution in [2.45, 2.75) is 24.0 Å². The fourth-order valence-electron chi connectivity index (χ4n) is 2.86. The first-order valence-corrected chi connectivity index (χ1v) is 9.90. The number of nitrogens with one attached hydrogen (secondary N) is 1. The number of pyridine rings is 1. The minimum absolute atomic E-state index is 0.106. The number of benzene rings is 1. The minimum Gasteiger partial charge on any atom is -0.360 e. The van der Waals surface area contributed by atoms with Gasteiger partial charge in [0.1, 0.15) is 11.6 Å². The second-order valence-corrected chi connectivity index (χ2v) is 7.29. The van der Waals surface area contributed by atoms with E-state index in [0.717, 1.165) is 27.8 Å². The molecule has 0 fully saturated rings. The average Bonchev–Trinajstić information content (AvgIpc) is 3.33. The van der Waals surface area contributed by atoms with E-state index in [0.29, 0.717) is 24.3 Å². The largest absolute Gasteiger partial charge is 0.360 e. The zero-order valence-electron chi connectivity index (χ0n) is 15.3. The molecule has 0 radical (unpaired) electrons. The molecular formula is C20H19N5O2S. The van der Waals surface area contributed by atoms with Gasteiger partial charge in [0.2, 0.25) is 0 Å². The molecule has 1 aromatic carbocycles. The molecule has 0 aliphatic carbocycles. The van der Waals surface area contributed by atoms with Crippen LogP contribution < -0.4 is 5.32 Å². The maximum Gasteiger partial charge on any atom is 0.252 e. The molecule has 28 heavy (non-hydrogen) atoms. The normalized spacial score (nSPS) is 11.0. The van der Waals surface area contributed by atoms with E-state index in [1.165, 1.54) is 0 Å². The topological polar surface area (TPSA) is 85.3 Å². The van der Waals surface area contributed by atoms with Crippen LogP contribution in [0.1, 0.15) is 27.6 Å². The molecule has 3 aromatic heterocycles. The fourth-order valence-corrected chi connectivity index (χ4v) is 3.78. The third-order valence-corrected chi connectivity index (χ3v) is 5.29. The summed E-state index contributed by atoms with van der Waals surface area (Å²) in [4.78, 5) is 13.6. The van der Waals surface area contributed by atoms with Gasteiger partial charge in [-0.1, -0.05) is 23.4 Å². The number of thioether (sulfide) groups is 1. The molecule has 1 N–H and O–H groups in total. The summed E-state index contributed by atoms with van der Waals surface area (Å²) in [5, 5.41) is 15.2. The number of aromatic nitrogens is 4. The molecule has 8 heteroatoms. The summed E-state index contributed by atoms with van der Waals surface area (Å²) in [6.07, 6.45) is 2.52. The van der Waals surface area contributed by atoms with Crippen molar-refractivity contribution in [3.8, 4) is 0 Å². The molecule has 4 rings (SSSR count). The molecule has 1 amide bonds. The molecule has 0 bridgehead atoms. The van der Waals surface area contributed by atoms with Crippen LogP contribution in [0.3, 0.4) is 0 Å². The summed E-state index contributed by atoms with van der Waals surface area (Å²) in [6, 6.07) is 15.2. The van der Waals surface area contributed by atoms with Gasteiger partial charge in [-0.2, -0.15) is 0 Å². The van der Waals surface area contributed by atoms with Crippen LogP contribution in [0.4, 0.5) is 0 Å². The number of fused-ring (bicyclic) bond motifs is 1. The van der Waals surface area contributed by atoms with Crippen molar-refractivity contribution < 1.29 is 9.32 Å². The van der Waals surface area contributed by atoms with Crippen LogP contribution in [-0.2, 0) is 12.2 Å². The van der Waals surface area contributed by atoms with E-state index >= 15 is 0 Å². The van der Waals surface area contributed by atoms with Crippen molar-refractivity contribution >= 4 is 23.3 Å². The summed E-state index contributed by atoms with van der Waals surface area (Å²) >= 11 is 1.55. The minimum atomic E-state index is -0.106. The monoisotopic (exact) mass is 393 g/mol. The summed E-state index contributed by atoms with van der Waals surface area (Å²) in [5.41, 5.74) is 2.30. The smallest absolute Gasteiger partial charge is 0.252 e. The Balaban J connectivity index is 1.38. The van der Waals surface area contributed by atoms with Gasteiger partial charge in [0.25, 0.3) is 5.91 Å². The zero-order chi connectivity index (χ0) is 19.3. The third kappa shape index (κ3) is 4.07. The fraction of sp³-hybridized carbons (Fsp3) is 0.200. The Labute approximate surface area is 166 Å². The quantitative estimate of drug-likeness (QED) is 0.485. The van der Waals surface area contributed by atoms with Crippen LogP contribution in [0.15, 0.2) is 64.1 Å². The Morgan fingerprint density at radius 1 is 1.18 bits per heavy atom. The number of aryl methyl sites for hydroxylation is 1. The summed E-state index contributed by atoms with van der Waals surface area (Å²) in [6.45, 7) is 2.37. The molecule has 4 aromatic rings. The highest BCUT2D eigenvalue weighted by molar-refractivity contribution is 7.98. The lowest BCUT2D eigenvalue weighted by Crippen LogP contribution is -2.26. The van der Waals surface area contributed by atoms with Crippen molar-refractivity contribution in [3.05, 3.63) is 77.6 Å². The third-order valence-electron chi connectivity index (χ3n) is 4.20. The summed E-state index contributed by atoms with van der Waals surface area (Å²) < 4.78 is 7.17. The van der Waals surface area contributed by atoms with Gasteiger partial charge in [0.05, 0.1) is 17.0 Å². The predicted molar refractivity (Wildman–Crippen MR) is 106 cm³/mol. The highest BCUT2D eigenvalue weighted by Crippen LogP contribution is 2.26. The number of hydrogen-bond donors (Lipinski definition) is 1. The Hall–Kier alpha value is -3.13. The number of nitrogens with zero attached hydrogens (tertiary/aromatic N) is 4. The summed E-state index contributed by atoms with van der Waals surface area (Å²) in [7, 11) is 0. The number of carbonyl (C=O) groups excluding carboxylic acids is 1. The number of amides is 1. The molecule has 0 aliphatic rings. The van der Waals surface area contributed by atoms with Crippen LogP contribution in [0.25, 0.3) is 5.65 Å². The van der Waals surface area contributed by atoms with Crippen LogP contribution in [0.2, 0.25) is 0 Å². The van der Waals surface area contributed by atoms with Gasteiger partial charge in [0.15, 0.2) is 5.65 Å². The maximum atomic E-state index is 12.7. The van der Waals surface area contributed by atoms with Crippen molar-refractivity contribution in [1.29, 1.82) is 0 Å². The van der Waals surface area contributed by atoms with Crippen molar-refractivity contribution in [2.24, 2.45) is 0 Å². The van der Waals surface area contributed by atoms with Crippen LogP contribution in [-0.4, -0.2) is 32.2 Å². The maximum absolute atomic E-state index is 12.7. The predicted octanol–water partition coefficient (Wildman–Crippen LogP) is 3.29. The van der Waals surface area contributed by atoms with E-state index in [2.05, 4.69) is 20.7 Å². The number of hydrogen-bond acceptors (Lipinski definition) is 6. The Bertz CT molecular complexity index is 1100. The lowest BCUT2D eigenvalue weighted by molar-refractivity contribution is 0.0951. The lowest BCUT2D eigenvalue weighted by atomic mass is 10.2. The first-order valence-electron chi connectivity index (χ1n) is 8.91. The van der Waals surface area contributed by atoms with Crippen LogP contribution in [0.5, 0.6) is 0 Å². The van der Waals surface area contributed by atoms with Gasteiger partial charge < -0.3 is 9.84 Å². The van der Waals surface area contributed by atoms with Gasteiger partial charge in [-0.3, -0.25) is 9.20 Å². The van der Waals surface area contributed by atoms with E-state index in [1.54, 1.807) is 11.8 Å². The standard InChI is InChI=1S/C20H19N5O2S/c1-14-12-15(27-24-14)13-28-17-7-3-2-6-16(17)20(26)21-10-9-19-23-22-18-8-4-5-11-25(18)19/h2-8,11-12H,9-10,13H2,1H3,(H,21,26). The molecule has 0 aliphatic heterocycles. The van der Waals surface area contributed by atoms with E-state index in [-0.39, 0.29) is 5.91 Å². The van der Waals surface area contributed by atoms with E-state index in [4.69, 9.17) is 4.52 Å². The molecule has 0 atom stereocenters. The van der Waals surface area contributed by atoms with Crippen LogP contribution >= 0.6 is 11.8 Å². The van der Waals surface area contributed by atoms with Gasteiger partial charge >= 0.3 is 0 Å². The first kappa shape index (κ1) is 18.2. The van der Waals surface area contributed by atoms with E-state index in [1.807, 2.05) is 66.1 Å². The number of rotatable bonds is 7. The molecule has 3 heterocycles. The average molecular weight is 393 g/mol. The van der Waals surface area contributed by atoms with E-state index in [9.17, 15) is 4.79 Å². The Kier molecular flexibility index (Phi) is 5.38. The molecule has 0 saturated carbocycles. The molecule has 0 saturated heterocycles.